The van der Waals surface area contributed by atoms with Crippen LogP contribution in [0.2, 0.25) is 0 Å². The highest BCUT2D eigenvalue weighted by molar-refractivity contribution is 7.89. The lowest BCUT2D eigenvalue weighted by atomic mass is 9.94. The lowest BCUT2D eigenvalue weighted by Gasteiger charge is -2.37. The van der Waals surface area contributed by atoms with E-state index in [0.29, 0.717) is 23.9 Å². The Kier molecular flexibility index (Phi) is 5.39. The number of sulfonamides is 1. The Bertz CT molecular complexity index is 595. The largest absolute Gasteiger partial charge is 0.303 e. The molecule has 2 saturated heterocycles. The molecule has 23 heavy (non-hydrogen) atoms. The molecule has 2 fully saturated rings. The molecule has 1 aromatic rings. The molecule has 0 radical (unpaired) electrons. The average Bonchev–Trinajstić information content (AvgIpc) is 2.56. The van der Waals surface area contributed by atoms with Crippen LogP contribution in [0.3, 0.4) is 0 Å². The van der Waals surface area contributed by atoms with Crippen LogP contribution in [-0.4, -0.2) is 50.3 Å². The molecule has 1 aromatic carbocycles. The van der Waals surface area contributed by atoms with Gasteiger partial charge >= 0.3 is 0 Å². The Hall–Kier alpha value is -0.910. The number of hydrogen-bond donors (Lipinski definition) is 0. The summed E-state index contributed by atoms with van der Waals surface area (Å²) in [6, 6.07) is 8.81. The van der Waals surface area contributed by atoms with E-state index in [1.54, 1.807) is 28.6 Å². The summed E-state index contributed by atoms with van der Waals surface area (Å²) >= 11 is 0. The third-order valence-electron chi connectivity index (χ3n) is 5.21. The van der Waals surface area contributed by atoms with E-state index in [9.17, 15) is 8.42 Å². The van der Waals surface area contributed by atoms with Crippen LogP contribution < -0.4 is 0 Å². The van der Waals surface area contributed by atoms with E-state index in [1.807, 2.05) is 6.07 Å². The molecule has 128 valence electrons. The highest BCUT2D eigenvalue weighted by atomic mass is 32.2. The van der Waals surface area contributed by atoms with E-state index in [4.69, 9.17) is 0 Å². The van der Waals surface area contributed by atoms with Crippen molar-refractivity contribution in [2.24, 2.45) is 11.8 Å². The van der Waals surface area contributed by atoms with Gasteiger partial charge in [-0.2, -0.15) is 4.31 Å². The first kappa shape index (κ1) is 16.9. The van der Waals surface area contributed by atoms with Crippen molar-refractivity contribution in [2.45, 2.75) is 37.5 Å². The van der Waals surface area contributed by atoms with Crippen LogP contribution in [0, 0.1) is 11.8 Å². The van der Waals surface area contributed by atoms with Gasteiger partial charge in [-0.15, -0.1) is 0 Å². The summed E-state index contributed by atoms with van der Waals surface area (Å²) < 4.78 is 26.9. The number of hydrogen-bond acceptors (Lipinski definition) is 3. The summed E-state index contributed by atoms with van der Waals surface area (Å²) in [5.74, 6) is 1.45. The van der Waals surface area contributed by atoms with Gasteiger partial charge in [-0.25, -0.2) is 8.42 Å². The molecule has 0 aromatic heterocycles. The third kappa shape index (κ3) is 4.14. The first-order chi connectivity index (χ1) is 11.1. The van der Waals surface area contributed by atoms with Gasteiger partial charge in [0.25, 0.3) is 0 Å². The van der Waals surface area contributed by atoms with E-state index in [-0.39, 0.29) is 0 Å². The van der Waals surface area contributed by atoms with Crippen molar-refractivity contribution in [3.8, 4) is 0 Å². The van der Waals surface area contributed by atoms with Gasteiger partial charge in [0.2, 0.25) is 10.0 Å². The second-order valence-corrected chi connectivity index (χ2v) is 9.11. The smallest absolute Gasteiger partial charge is 0.243 e. The molecular formula is C18H28N2O2S. The monoisotopic (exact) mass is 336 g/mol. The molecule has 2 aliphatic heterocycles. The van der Waals surface area contributed by atoms with Crippen molar-refractivity contribution < 1.29 is 8.42 Å². The molecule has 0 spiro atoms. The zero-order valence-corrected chi connectivity index (χ0v) is 14.8. The number of nitrogens with zero attached hydrogens (tertiary/aromatic N) is 2. The fourth-order valence-corrected chi connectivity index (χ4v) is 5.38. The Balaban J connectivity index is 1.54. The summed E-state index contributed by atoms with van der Waals surface area (Å²) in [7, 11) is -3.31. The van der Waals surface area contributed by atoms with Gasteiger partial charge in [-0.05, 0) is 56.2 Å². The lowest BCUT2D eigenvalue weighted by Crippen LogP contribution is -2.43. The van der Waals surface area contributed by atoms with E-state index in [0.717, 1.165) is 25.3 Å². The highest BCUT2D eigenvalue weighted by Crippen LogP contribution is 2.25. The second-order valence-electron chi connectivity index (χ2n) is 7.17. The maximum atomic E-state index is 12.6. The predicted octanol–water partition coefficient (Wildman–Crippen LogP) is 2.82. The normalized spacial score (nSPS) is 25.5. The van der Waals surface area contributed by atoms with Crippen LogP contribution in [0.25, 0.3) is 0 Å². The van der Waals surface area contributed by atoms with Gasteiger partial charge in [0.15, 0.2) is 0 Å². The minimum Gasteiger partial charge on any atom is -0.303 e. The molecule has 2 heterocycles. The Morgan fingerprint density at radius 1 is 1.04 bits per heavy atom. The molecule has 0 aliphatic carbocycles. The van der Waals surface area contributed by atoms with Crippen molar-refractivity contribution in [3.63, 3.8) is 0 Å². The second kappa shape index (κ2) is 7.32. The van der Waals surface area contributed by atoms with Crippen LogP contribution in [-0.2, 0) is 10.0 Å². The minimum atomic E-state index is -3.31. The van der Waals surface area contributed by atoms with Crippen LogP contribution >= 0.6 is 0 Å². The lowest BCUT2D eigenvalue weighted by molar-refractivity contribution is 0.136. The van der Waals surface area contributed by atoms with Crippen molar-refractivity contribution in [3.05, 3.63) is 30.3 Å². The third-order valence-corrected chi connectivity index (χ3v) is 7.12. The van der Waals surface area contributed by atoms with Gasteiger partial charge in [0.1, 0.15) is 0 Å². The van der Waals surface area contributed by atoms with E-state index >= 15 is 0 Å². The fourth-order valence-electron chi connectivity index (χ4n) is 3.89. The molecule has 3 rings (SSSR count). The van der Waals surface area contributed by atoms with Gasteiger partial charge < -0.3 is 4.90 Å². The molecule has 5 heteroatoms. The Morgan fingerprint density at radius 3 is 2.39 bits per heavy atom. The fraction of sp³-hybridized carbons (Fsp3) is 0.667. The topological polar surface area (TPSA) is 40.6 Å². The maximum absolute atomic E-state index is 12.6. The first-order valence-corrected chi connectivity index (χ1v) is 10.3. The average molecular weight is 337 g/mol. The van der Waals surface area contributed by atoms with Gasteiger partial charge in [0, 0.05) is 26.2 Å². The van der Waals surface area contributed by atoms with Crippen molar-refractivity contribution in [1.29, 1.82) is 0 Å². The number of rotatable bonds is 4. The summed E-state index contributed by atoms with van der Waals surface area (Å²) in [6.07, 6.45) is 4.63. The van der Waals surface area contributed by atoms with Gasteiger partial charge in [-0.3, -0.25) is 0 Å². The quantitative estimate of drug-likeness (QED) is 0.849. The zero-order valence-electron chi connectivity index (χ0n) is 14.0. The van der Waals surface area contributed by atoms with Gasteiger partial charge in [-0.1, -0.05) is 25.1 Å². The Morgan fingerprint density at radius 2 is 1.74 bits per heavy atom. The summed E-state index contributed by atoms with van der Waals surface area (Å²) in [6.45, 7) is 7.22. The van der Waals surface area contributed by atoms with E-state index < -0.39 is 10.0 Å². The van der Waals surface area contributed by atoms with Crippen LogP contribution in [0.4, 0.5) is 0 Å². The van der Waals surface area contributed by atoms with Crippen molar-refractivity contribution in [2.75, 3.05) is 32.7 Å². The van der Waals surface area contributed by atoms with Crippen LogP contribution in [0.5, 0.6) is 0 Å². The summed E-state index contributed by atoms with van der Waals surface area (Å²) in [5, 5.41) is 0. The van der Waals surface area contributed by atoms with E-state index in [1.165, 1.54) is 25.9 Å². The first-order valence-electron chi connectivity index (χ1n) is 8.83. The van der Waals surface area contributed by atoms with Crippen molar-refractivity contribution in [1.82, 2.24) is 9.21 Å². The summed E-state index contributed by atoms with van der Waals surface area (Å²) in [5.41, 5.74) is 0. The van der Waals surface area contributed by atoms with Gasteiger partial charge in [0.05, 0.1) is 4.90 Å². The molecule has 0 N–H and O–H groups in total. The number of benzene rings is 1. The molecule has 1 unspecified atom stereocenters. The molecule has 0 amide bonds. The minimum absolute atomic E-state index is 0.420. The molecule has 0 saturated carbocycles. The van der Waals surface area contributed by atoms with E-state index in [2.05, 4.69) is 11.8 Å². The number of piperidine rings is 2. The molecular weight excluding hydrogens is 308 g/mol. The standard InChI is InChI=1S/C18H28N2O2S/c1-16-6-5-11-19(14-16)15-17-9-12-20(13-10-17)23(21,22)18-7-3-2-4-8-18/h2-4,7-8,16-17H,5-6,9-15H2,1H3. The van der Waals surface area contributed by atoms with Crippen molar-refractivity contribution >= 4 is 10.0 Å². The zero-order chi connectivity index (χ0) is 16.3. The molecule has 4 nitrogen and oxygen atoms in total. The Labute approximate surface area is 140 Å². The maximum Gasteiger partial charge on any atom is 0.243 e. The molecule has 0 bridgehead atoms. The predicted molar refractivity (Wildman–Crippen MR) is 92.8 cm³/mol. The number of likely N-dealkylation sites (tertiary alicyclic amines) is 1. The molecule has 2 aliphatic rings. The van der Waals surface area contributed by atoms with Crippen LogP contribution in [0.1, 0.15) is 32.6 Å². The molecule has 1 atom stereocenters. The SMILES string of the molecule is CC1CCCN(CC2CCN(S(=O)(=O)c3ccccc3)CC2)C1. The van der Waals surface area contributed by atoms with Crippen LogP contribution in [0.15, 0.2) is 35.2 Å². The highest BCUT2D eigenvalue weighted by Gasteiger charge is 2.30. The summed E-state index contributed by atoms with van der Waals surface area (Å²) in [4.78, 5) is 3.00.